The molecule has 2 aliphatic rings. The van der Waals surface area contributed by atoms with E-state index >= 15 is 0 Å². The highest BCUT2D eigenvalue weighted by atomic mass is 32.1. The monoisotopic (exact) mass is 392 g/mol. The van der Waals surface area contributed by atoms with Crippen molar-refractivity contribution in [1.29, 1.82) is 0 Å². The largest absolute Gasteiger partial charge is 0.478 e. The SMILES string of the molecule is O=C1C[C@@H](c2cccs2)CC2=C1[C@H](c1ccc(C(=O)O)cc1)n1ncnc1N2. The van der Waals surface area contributed by atoms with Gasteiger partial charge in [0, 0.05) is 28.5 Å². The van der Waals surface area contributed by atoms with Gasteiger partial charge in [-0.2, -0.15) is 10.1 Å². The van der Waals surface area contributed by atoms with E-state index in [0.29, 0.717) is 17.9 Å². The molecule has 2 atom stereocenters. The Balaban J connectivity index is 1.59. The van der Waals surface area contributed by atoms with Crippen LogP contribution >= 0.6 is 11.3 Å². The summed E-state index contributed by atoms with van der Waals surface area (Å²) in [5.74, 6) is -0.152. The number of thiophene rings is 1. The number of anilines is 1. The number of hydrogen-bond acceptors (Lipinski definition) is 6. The maximum Gasteiger partial charge on any atom is 0.335 e. The Bertz CT molecular complexity index is 1100. The van der Waals surface area contributed by atoms with Gasteiger partial charge in [-0.15, -0.1) is 11.3 Å². The summed E-state index contributed by atoms with van der Waals surface area (Å²) in [5, 5.41) is 18.8. The lowest BCUT2D eigenvalue weighted by Gasteiger charge is -2.34. The maximum absolute atomic E-state index is 13.2. The number of aromatic nitrogens is 3. The maximum atomic E-state index is 13.2. The van der Waals surface area contributed by atoms with Gasteiger partial charge in [-0.3, -0.25) is 4.79 Å². The first-order valence-corrected chi connectivity index (χ1v) is 9.79. The molecule has 2 aromatic heterocycles. The molecular formula is C20H16N4O3S. The molecule has 0 spiro atoms. The van der Waals surface area contributed by atoms with Crippen molar-refractivity contribution in [3.05, 3.63) is 75.4 Å². The van der Waals surface area contributed by atoms with Crippen LogP contribution in [0.4, 0.5) is 5.95 Å². The normalized spacial score (nSPS) is 21.1. The minimum atomic E-state index is -0.981. The predicted molar refractivity (Wildman–Crippen MR) is 104 cm³/mol. The highest BCUT2D eigenvalue weighted by molar-refractivity contribution is 7.10. The molecule has 28 heavy (non-hydrogen) atoms. The molecule has 3 aromatic rings. The van der Waals surface area contributed by atoms with Gasteiger partial charge in [-0.1, -0.05) is 18.2 Å². The van der Waals surface area contributed by atoms with E-state index in [0.717, 1.165) is 17.7 Å². The molecule has 3 heterocycles. The molecule has 0 bridgehead atoms. The average Bonchev–Trinajstić information content (AvgIpc) is 3.38. The van der Waals surface area contributed by atoms with Gasteiger partial charge in [0.05, 0.1) is 5.56 Å². The van der Waals surface area contributed by atoms with Crippen molar-refractivity contribution in [1.82, 2.24) is 14.8 Å². The minimum Gasteiger partial charge on any atom is -0.478 e. The van der Waals surface area contributed by atoms with Crippen molar-refractivity contribution in [2.75, 3.05) is 5.32 Å². The van der Waals surface area contributed by atoms with Gasteiger partial charge < -0.3 is 10.4 Å². The van der Waals surface area contributed by atoms with Crippen molar-refractivity contribution in [2.45, 2.75) is 24.8 Å². The number of carboxylic acids is 1. The molecule has 0 radical (unpaired) electrons. The van der Waals surface area contributed by atoms with Crippen LogP contribution < -0.4 is 5.32 Å². The van der Waals surface area contributed by atoms with Crippen molar-refractivity contribution in [2.24, 2.45) is 0 Å². The van der Waals surface area contributed by atoms with E-state index in [4.69, 9.17) is 5.11 Å². The first-order valence-electron chi connectivity index (χ1n) is 8.91. The number of ketones is 1. The van der Waals surface area contributed by atoms with E-state index in [1.54, 1.807) is 40.3 Å². The lowest BCUT2D eigenvalue weighted by molar-refractivity contribution is -0.116. The number of aromatic carboxylic acids is 1. The quantitative estimate of drug-likeness (QED) is 0.709. The van der Waals surface area contributed by atoms with E-state index in [1.807, 2.05) is 11.4 Å². The summed E-state index contributed by atoms with van der Waals surface area (Å²) in [6.45, 7) is 0. The zero-order valence-corrected chi connectivity index (χ0v) is 15.5. The van der Waals surface area contributed by atoms with Crippen LogP contribution in [0, 0.1) is 0 Å². The third-order valence-corrected chi connectivity index (χ3v) is 6.32. The number of carbonyl (C=O) groups is 2. The Morgan fingerprint density at radius 3 is 2.75 bits per heavy atom. The smallest absolute Gasteiger partial charge is 0.335 e. The lowest BCUT2D eigenvalue weighted by atomic mass is 9.80. The summed E-state index contributed by atoms with van der Waals surface area (Å²) < 4.78 is 1.69. The predicted octanol–water partition coefficient (Wildman–Crippen LogP) is 3.45. The lowest BCUT2D eigenvalue weighted by Crippen LogP contribution is -2.33. The molecule has 0 saturated carbocycles. The Hall–Kier alpha value is -3.26. The molecule has 140 valence electrons. The number of Topliss-reactive ketones (excluding diaryl/α,β-unsaturated/α-hetero) is 1. The molecule has 0 amide bonds. The third-order valence-electron chi connectivity index (χ3n) is 5.28. The molecule has 8 heteroatoms. The fourth-order valence-electron chi connectivity index (χ4n) is 3.99. The Labute approximate surface area is 164 Å². The molecule has 1 aliphatic heterocycles. The number of nitrogens with zero attached hydrogens (tertiary/aromatic N) is 3. The van der Waals surface area contributed by atoms with Crippen LogP contribution in [-0.2, 0) is 4.79 Å². The number of allylic oxidation sites excluding steroid dienone is 2. The van der Waals surface area contributed by atoms with Gasteiger partial charge in [-0.05, 0) is 35.6 Å². The Kier molecular flexibility index (Phi) is 3.87. The molecule has 2 N–H and O–H groups in total. The van der Waals surface area contributed by atoms with Crippen molar-refractivity contribution in [3.63, 3.8) is 0 Å². The van der Waals surface area contributed by atoms with Gasteiger partial charge in [0.1, 0.15) is 12.4 Å². The molecule has 0 fully saturated rings. The van der Waals surface area contributed by atoms with Gasteiger partial charge in [0.15, 0.2) is 5.78 Å². The van der Waals surface area contributed by atoms with Crippen LogP contribution in [0.15, 0.2) is 59.4 Å². The van der Waals surface area contributed by atoms with Gasteiger partial charge in [0.25, 0.3) is 0 Å². The molecule has 5 rings (SSSR count). The Morgan fingerprint density at radius 1 is 1.21 bits per heavy atom. The number of carboxylic acid groups (broad SMARTS) is 1. The summed E-state index contributed by atoms with van der Waals surface area (Å²) in [7, 11) is 0. The van der Waals surface area contributed by atoms with Crippen molar-refractivity contribution >= 4 is 29.0 Å². The molecule has 1 aromatic carbocycles. The second-order valence-corrected chi connectivity index (χ2v) is 7.90. The summed E-state index contributed by atoms with van der Waals surface area (Å²) in [4.78, 5) is 29.8. The number of benzene rings is 1. The first kappa shape index (κ1) is 16.9. The molecular weight excluding hydrogens is 376 g/mol. The van der Waals surface area contributed by atoms with Crippen LogP contribution in [0.25, 0.3) is 0 Å². The van der Waals surface area contributed by atoms with Crippen molar-refractivity contribution in [3.8, 4) is 0 Å². The Morgan fingerprint density at radius 2 is 2.04 bits per heavy atom. The molecule has 0 saturated heterocycles. The molecule has 0 unspecified atom stereocenters. The number of carbonyl (C=O) groups excluding carboxylic acids is 1. The number of hydrogen-bond donors (Lipinski definition) is 2. The van der Waals surface area contributed by atoms with Gasteiger partial charge >= 0.3 is 5.97 Å². The van der Waals surface area contributed by atoms with E-state index in [-0.39, 0.29) is 17.3 Å². The van der Waals surface area contributed by atoms with Crippen LogP contribution in [-0.4, -0.2) is 31.6 Å². The second kappa shape index (κ2) is 6.42. The number of nitrogens with one attached hydrogen (secondary N) is 1. The van der Waals surface area contributed by atoms with E-state index in [9.17, 15) is 9.59 Å². The second-order valence-electron chi connectivity index (χ2n) is 6.92. The van der Waals surface area contributed by atoms with E-state index < -0.39 is 12.0 Å². The fourth-order valence-corrected chi connectivity index (χ4v) is 4.82. The topological polar surface area (TPSA) is 97.1 Å². The zero-order valence-electron chi connectivity index (χ0n) is 14.7. The standard InChI is InChI=1S/C20H16N4O3S/c25-15-9-13(16-2-1-7-28-16)8-14-17(15)18(24-20(23-14)21-10-22-24)11-3-5-12(6-4-11)19(26)27/h1-7,10,13,18H,8-9H2,(H,26,27)(H,21,22,23)/t13-,18-/m0/s1. The van der Waals surface area contributed by atoms with Gasteiger partial charge in [0.2, 0.25) is 5.95 Å². The number of fused-ring (bicyclic) bond motifs is 1. The average molecular weight is 392 g/mol. The van der Waals surface area contributed by atoms with Crippen LogP contribution in [0.5, 0.6) is 0 Å². The molecule has 7 nitrogen and oxygen atoms in total. The minimum absolute atomic E-state index is 0.0839. The third kappa shape index (κ3) is 2.65. The van der Waals surface area contributed by atoms with Crippen LogP contribution in [0.3, 0.4) is 0 Å². The number of rotatable bonds is 3. The fraction of sp³-hybridized carbons (Fsp3) is 0.200. The van der Waals surface area contributed by atoms with Crippen LogP contribution in [0.1, 0.15) is 45.6 Å². The zero-order chi connectivity index (χ0) is 19.3. The summed E-state index contributed by atoms with van der Waals surface area (Å²) in [6.07, 6.45) is 2.65. The van der Waals surface area contributed by atoms with Gasteiger partial charge in [-0.25, -0.2) is 9.48 Å². The van der Waals surface area contributed by atoms with E-state index in [1.165, 1.54) is 11.2 Å². The molecule has 1 aliphatic carbocycles. The van der Waals surface area contributed by atoms with Crippen LogP contribution in [0.2, 0.25) is 0 Å². The summed E-state index contributed by atoms with van der Waals surface area (Å²) in [6, 6.07) is 10.3. The van der Waals surface area contributed by atoms with E-state index in [2.05, 4.69) is 21.5 Å². The highest BCUT2D eigenvalue weighted by Gasteiger charge is 2.39. The first-order chi connectivity index (χ1) is 13.6. The van der Waals surface area contributed by atoms with Crippen molar-refractivity contribution < 1.29 is 14.7 Å². The summed E-state index contributed by atoms with van der Waals surface area (Å²) in [5.41, 5.74) is 2.59. The highest BCUT2D eigenvalue weighted by Crippen LogP contribution is 2.44. The summed E-state index contributed by atoms with van der Waals surface area (Å²) >= 11 is 1.67.